The summed E-state index contributed by atoms with van der Waals surface area (Å²) in [6.45, 7) is 8.74. The van der Waals surface area contributed by atoms with Gasteiger partial charge in [-0.1, -0.05) is 36.7 Å². The number of ether oxygens (including phenoxy) is 1. The van der Waals surface area contributed by atoms with Crippen LogP contribution in [0, 0.1) is 11.3 Å². The lowest BCUT2D eigenvalue weighted by Gasteiger charge is -2.31. The minimum atomic E-state index is 0.443. The molecule has 1 aliphatic heterocycles. The molecule has 2 atom stereocenters. The minimum Gasteiger partial charge on any atom is -0.380 e. The highest BCUT2D eigenvalue weighted by Crippen LogP contribution is 2.31. The Bertz CT molecular complexity index is 139. The van der Waals surface area contributed by atoms with Crippen molar-refractivity contribution in [1.82, 2.24) is 0 Å². The molecule has 1 heterocycles. The van der Waals surface area contributed by atoms with Crippen LogP contribution in [0.5, 0.6) is 0 Å². The Hall–Kier alpha value is 0.440. The zero-order valence-corrected chi connectivity index (χ0v) is 9.86. The molecule has 0 saturated carbocycles. The first kappa shape index (κ1) is 10.5. The Kier molecular flexibility index (Phi) is 3.59. The maximum Gasteiger partial charge on any atom is 0.0591 e. The van der Waals surface area contributed by atoms with Gasteiger partial charge in [-0.05, 0) is 24.2 Å². The Morgan fingerprint density at radius 2 is 2.00 bits per heavy atom. The van der Waals surface area contributed by atoms with Gasteiger partial charge in [-0.25, -0.2) is 0 Å². The second-order valence-electron chi connectivity index (χ2n) is 5.00. The molecule has 0 N–H and O–H groups in total. The third kappa shape index (κ3) is 3.90. The summed E-state index contributed by atoms with van der Waals surface area (Å²) in [5.74, 6) is 0.753. The Morgan fingerprint density at radius 1 is 1.33 bits per heavy atom. The predicted molar refractivity (Wildman–Crippen MR) is 55.7 cm³/mol. The largest absolute Gasteiger partial charge is 0.380 e. The summed E-state index contributed by atoms with van der Waals surface area (Å²) in [5.41, 5.74) is 0.443. The molecule has 0 aliphatic carbocycles. The standard InChI is InChI=1S/C10H19BrO/c1-10(2,3)5-8-4-9(11)7-12-6-8/h8-9H,4-7H2,1-3H3. The molecule has 72 valence electrons. The second-order valence-corrected chi connectivity index (χ2v) is 6.30. The van der Waals surface area contributed by atoms with E-state index in [4.69, 9.17) is 4.74 Å². The molecule has 1 fully saturated rings. The molecule has 0 spiro atoms. The quantitative estimate of drug-likeness (QED) is 0.634. The molecule has 0 aromatic heterocycles. The molecule has 2 heteroatoms. The minimum absolute atomic E-state index is 0.443. The number of hydrogen-bond donors (Lipinski definition) is 0. The van der Waals surface area contributed by atoms with E-state index in [0.717, 1.165) is 19.1 Å². The zero-order valence-electron chi connectivity index (χ0n) is 8.27. The fourth-order valence-electron chi connectivity index (χ4n) is 1.87. The van der Waals surface area contributed by atoms with E-state index in [-0.39, 0.29) is 0 Å². The van der Waals surface area contributed by atoms with Crippen molar-refractivity contribution in [2.45, 2.75) is 38.4 Å². The van der Waals surface area contributed by atoms with Crippen molar-refractivity contribution in [3.63, 3.8) is 0 Å². The predicted octanol–water partition coefficient (Wildman–Crippen LogP) is 3.22. The summed E-state index contributed by atoms with van der Waals surface area (Å²) < 4.78 is 5.49. The summed E-state index contributed by atoms with van der Waals surface area (Å²) in [6.07, 6.45) is 2.55. The Morgan fingerprint density at radius 3 is 2.50 bits per heavy atom. The first-order valence-electron chi connectivity index (χ1n) is 4.69. The highest BCUT2D eigenvalue weighted by atomic mass is 79.9. The maximum atomic E-state index is 5.49. The normalized spacial score (nSPS) is 32.0. The van der Waals surface area contributed by atoms with Gasteiger partial charge in [0.2, 0.25) is 0 Å². The van der Waals surface area contributed by atoms with E-state index < -0.39 is 0 Å². The zero-order chi connectivity index (χ0) is 9.19. The molecule has 1 aliphatic rings. The van der Waals surface area contributed by atoms with Crippen LogP contribution in [0.2, 0.25) is 0 Å². The maximum absolute atomic E-state index is 5.49. The molecule has 0 bridgehead atoms. The van der Waals surface area contributed by atoms with Crippen LogP contribution in [0.1, 0.15) is 33.6 Å². The molecule has 2 unspecified atom stereocenters. The van der Waals surface area contributed by atoms with Crippen molar-refractivity contribution in [1.29, 1.82) is 0 Å². The van der Waals surface area contributed by atoms with Gasteiger partial charge in [0.15, 0.2) is 0 Å². The van der Waals surface area contributed by atoms with Gasteiger partial charge in [0, 0.05) is 11.4 Å². The first-order chi connectivity index (χ1) is 5.47. The molecular weight excluding hydrogens is 216 g/mol. The van der Waals surface area contributed by atoms with Crippen LogP contribution in [0.3, 0.4) is 0 Å². The summed E-state index contributed by atoms with van der Waals surface area (Å²) in [5, 5.41) is 0. The molecule has 0 aromatic carbocycles. The lowest BCUT2D eigenvalue weighted by Crippen LogP contribution is -2.28. The highest BCUT2D eigenvalue weighted by Gasteiger charge is 2.24. The van der Waals surface area contributed by atoms with Crippen molar-refractivity contribution >= 4 is 15.9 Å². The van der Waals surface area contributed by atoms with Crippen LogP contribution >= 0.6 is 15.9 Å². The number of alkyl halides is 1. The lowest BCUT2D eigenvalue weighted by molar-refractivity contribution is 0.0443. The van der Waals surface area contributed by atoms with Crippen LogP contribution in [0.4, 0.5) is 0 Å². The van der Waals surface area contributed by atoms with Gasteiger partial charge in [0.05, 0.1) is 6.61 Å². The van der Waals surface area contributed by atoms with Crippen molar-refractivity contribution in [2.24, 2.45) is 11.3 Å². The lowest BCUT2D eigenvalue weighted by atomic mass is 9.82. The Labute approximate surface area is 84.0 Å². The van der Waals surface area contributed by atoms with Crippen LogP contribution < -0.4 is 0 Å². The van der Waals surface area contributed by atoms with Crippen LogP contribution in [-0.2, 0) is 4.74 Å². The van der Waals surface area contributed by atoms with E-state index in [1.165, 1.54) is 12.8 Å². The van der Waals surface area contributed by atoms with Gasteiger partial charge in [0.1, 0.15) is 0 Å². The molecular formula is C10H19BrO. The highest BCUT2D eigenvalue weighted by molar-refractivity contribution is 9.09. The topological polar surface area (TPSA) is 9.23 Å². The van der Waals surface area contributed by atoms with E-state index in [1.807, 2.05) is 0 Å². The molecule has 1 rings (SSSR count). The van der Waals surface area contributed by atoms with E-state index in [0.29, 0.717) is 10.2 Å². The average Bonchev–Trinajstić information content (AvgIpc) is 1.82. The van der Waals surface area contributed by atoms with E-state index in [1.54, 1.807) is 0 Å². The fraction of sp³-hybridized carbons (Fsp3) is 1.00. The fourth-order valence-corrected chi connectivity index (χ4v) is 2.58. The van der Waals surface area contributed by atoms with Crippen molar-refractivity contribution in [2.75, 3.05) is 13.2 Å². The first-order valence-corrected chi connectivity index (χ1v) is 5.61. The smallest absolute Gasteiger partial charge is 0.0591 e. The van der Waals surface area contributed by atoms with E-state index >= 15 is 0 Å². The molecule has 1 saturated heterocycles. The third-order valence-corrected chi connectivity index (χ3v) is 2.78. The monoisotopic (exact) mass is 234 g/mol. The van der Waals surface area contributed by atoms with Gasteiger partial charge in [-0.2, -0.15) is 0 Å². The second kappa shape index (κ2) is 4.10. The van der Waals surface area contributed by atoms with Gasteiger partial charge in [-0.3, -0.25) is 0 Å². The van der Waals surface area contributed by atoms with Gasteiger partial charge in [-0.15, -0.1) is 0 Å². The SMILES string of the molecule is CC(C)(C)CC1COCC(Br)C1. The summed E-state index contributed by atoms with van der Waals surface area (Å²) in [7, 11) is 0. The van der Waals surface area contributed by atoms with Gasteiger partial charge < -0.3 is 4.74 Å². The van der Waals surface area contributed by atoms with Crippen molar-refractivity contribution < 1.29 is 4.74 Å². The van der Waals surface area contributed by atoms with Crippen LogP contribution in [0.15, 0.2) is 0 Å². The number of halogens is 1. The van der Waals surface area contributed by atoms with E-state index in [2.05, 4.69) is 36.7 Å². The van der Waals surface area contributed by atoms with Gasteiger partial charge >= 0.3 is 0 Å². The third-order valence-electron chi connectivity index (χ3n) is 2.14. The summed E-state index contributed by atoms with van der Waals surface area (Å²) in [6, 6.07) is 0. The number of hydrogen-bond acceptors (Lipinski definition) is 1. The average molecular weight is 235 g/mol. The molecule has 0 radical (unpaired) electrons. The molecule has 1 nitrogen and oxygen atoms in total. The van der Waals surface area contributed by atoms with Crippen LogP contribution in [0.25, 0.3) is 0 Å². The van der Waals surface area contributed by atoms with Crippen molar-refractivity contribution in [3.05, 3.63) is 0 Å². The van der Waals surface area contributed by atoms with E-state index in [9.17, 15) is 0 Å². The molecule has 0 amide bonds. The Balaban J connectivity index is 2.32. The summed E-state index contributed by atoms with van der Waals surface area (Å²) >= 11 is 3.61. The van der Waals surface area contributed by atoms with Crippen LogP contribution in [-0.4, -0.2) is 18.0 Å². The number of rotatable bonds is 1. The van der Waals surface area contributed by atoms with Crippen molar-refractivity contribution in [3.8, 4) is 0 Å². The molecule has 12 heavy (non-hydrogen) atoms. The molecule has 0 aromatic rings. The van der Waals surface area contributed by atoms with Gasteiger partial charge in [0.25, 0.3) is 0 Å². The summed E-state index contributed by atoms with van der Waals surface area (Å²) in [4.78, 5) is 0.582.